The minimum absolute atomic E-state index is 0.228. The van der Waals surface area contributed by atoms with Gasteiger partial charge in [-0.25, -0.2) is 0 Å². The van der Waals surface area contributed by atoms with Crippen LogP contribution in [-0.4, -0.2) is 24.7 Å². The number of ether oxygens (including phenoxy) is 1. The highest BCUT2D eigenvalue weighted by molar-refractivity contribution is 5.82. The highest BCUT2D eigenvalue weighted by Gasteiger charge is 2.41. The van der Waals surface area contributed by atoms with E-state index < -0.39 is 0 Å². The van der Waals surface area contributed by atoms with Crippen molar-refractivity contribution >= 4 is 10.9 Å². The maximum atomic E-state index is 5.94. The van der Waals surface area contributed by atoms with Gasteiger partial charge in [-0.2, -0.15) is 0 Å². The second-order valence-electron chi connectivity index (χ2n) is 5.36. The van der Waals surface area contributed by atoms with Gasteiger partial charge in [0.1, 0.15) is 5.75 Å². The second kappa shape index (κ2) is 3.69. The largest absolute Gasteiger partial charge is 0.492 e. The number of nitrogens with zero attached hydrogens (tertiary/aromatic N) is 1. The lowest BCUT2D eigenvalue weighted by Gasteiger charge is -2.32. The quantitative estimate of drug-likeness (QED) is 0.767. The minimum atomic E-state index is 0.228. The van der Waals surface area contributed by atoms with E-state index in [1.54, 1.807) is 0 Å². The average Bonchev–Trinajstić information content (AvgIpc) is 2.76. The van der Waals surface area contributed by atoms with Gasteiger partial charge in [-0.3, -0.25) is 4.98 Å². The van der Waals surface area contributed by atoms with E-state index in [-0.39, 0.29) is 5.41 Å². The Labute approximate surface area is 106 Å². The van der Waals surface area contributed by atoms with Crippen molar-refractivity contribution in [1.29, 1.82) is 0 Å². The molecular formula is C15H16N2O. The number of rotatable bonds is 0. The number of benzene rings is 1. The van der Waals surface area contributed by atoms with Crippen LogP contribution in [0.1, 0.15) is 18.4 Å². The summed E-state index contributed by atoms with van der Waals surface area (Å²) < 4.78 is 5.94. The third-order valence-electron chi connectivity index (χ3n) is 4.34. The van der Waals surface area contributed by atoms with E-state index in [1.807, 2.05) is 12.3 Å². The van der Waals surface area contributed by atoms with Crippen LogP contribution in [0.15, 0.2) is 30.5 Å². The molecule has 1 fully saturated rings. The number of aromatic nitrogens is 1. The molecule has 3 heterocycles. The van der Waals surface area contributed by atoms with Crippen LogP contribution in [0.3, 0.4) is 0 Å². The molecule has 2 aromatic rings. The molecule has 2 aliphatic heterocycles. The van der Waals surface area contributed by atoms with Crippen molar-refractivity contribution in [3.05, 3.63) is 36.0 Å². The first kappa shape index (κ1) is 10.3. The summed E-state index contributed by atoms with van der Waals surface area (Å²) >= 11 is 0. The third kappa shape index (κ3) is 1.37. The summed E-state index contributed by atoms with van der Waals surface area (Å²) in [6.07, 6.45) is 4.19. The Bertz CT molecular complexity index is 602. The summed E-state index contributed by atoms with van der Waals surface area (Å²) in [5.41, 5.74) is 2.68. The average molecular weight is 240 g/mol. The van der Waals surface area contributed by atoms with Gasteiger partial charge in [-0.05, 0) is 44.1 Å². The monoisotopic (exact) mass is 240 g/mol. The van der Waals surface area contributed by atoms with E-state index in [2.05, 4.69) is 28.5 Å². The fraction of sp³-hybridized carbons (Fsp3) is 0.400. The summed E-state index contributed by atoms with van der Waals surface area (Å²) in [7, 11) is 0. The first-order valence-corrected chi connectivity index (χ1v) is 6.60. The predicted molar refractivity (Wildman–Crippen MR) is 71.0 cm³/mol. The lowest BCUT2D eigenvalue weighted by molar-refractivity contribution is 0.220. The van der Waals surface area contributed by atoms with Crippen LogP contribution in [0.4, 0.5) is 0 Å². The molecule has 0 atom stereocenters. The molecule has 92 valence electrons. The molecule has 1 N–H and O–H groups in total. The van der Waals surface area contributed by atoms with Gasteiger partial charge < -0.3 is 10.1 Å². The van der Waals surface area contributed by atoms with Gasteiger partial charge in [0.15, 0.2) is 0 Å². The maximum absolute atomic E-state index is 5.94. The van der Waals surface area contributed by atoms with Crippen molar-refractivity contribution in [2.75, 3.05) is 19.7 Å². The molecule has 1 spiro atoms. The van der Waals surface area contributed by atoms with Gasteiger partial charge in [-0.15, -0.1) is 0 Å². The van der Waals surface area contributed by atoms with Gasteiger partial charge in [0, 0.05) is 22.6 Å². The zero-order chi connectivity index (χ0) is 12.0. The summed E-state index contributed by atoms with van der Waals surface area (Å²) in [6.45, 7) is 3.01. The molecule has 0 aliphatic carbocycles. The topological polar surface area (TPSA) is 34.1 Å². The van der Waals surface area contributed by atoms with Crippen molar-refractivity contribution in [2.45, 2.75) is 18.3 Å². The standard InChI is InChI=1S/C15H16N2O/c1-2-11-8-14-12(9-13(11)17-5-1)15(10-18-14)3-6-16-7-4-15/h1-2,5,8-9,16H,3-4,6-7,10H2. The Kier molecular flexibility index (Phi) is 2.12. The molecule has 2 aliphatic rings. The summed E-state index contributed by atoms with van der Waals surface area (Å²) in [5, 5.41) is 4.60. The van der Waals surface area contributed by atoms with Crippen LogP contribution in [0.25, 0.3) is 10.9 Å². The number of nitrogens with one attached hydrogen (secondary N) is 1. The van der Waals surface area contributed by atoms with E-state index in [1.165, 1.54) is 23.8 Å². The number of piperidine rings is 1. The second-order valence-corrected chi connectivity index (χ2v) is 5.36. The van der Waals surface area contributed by atoms with Gasteiger partial charge in [0.05, 0.1) is 12.1 Å². The van der Waals surface area contributed by atoms with Crippen molar-refractivity contribution in [2.24, 2.45) is 0 Å². The number of pyridine rings is 1. The third-order valence-corrected chi connectivity index (χ3v) is 4.34. The normalized spacial score (nSPS) is 20.9. The predicted octanol–water partition coefficient (Wildman–Crippen LogP) is 2.25. The summed E-state index contributed by atoms with van der Waals surface area (Å²) in [5.74, 6) is 1.07. The van der Waals surface area contributed by atoms with Crippen molar-refractivity contribution < 1.29 is 4.74 Å². The SMILES string of the molecule is c1cnc2cc3c(cc2c1)OCC31CCNCC1. The molecular weight excluding hydrogens is 224 g/mol. The summed E-state index contributed by atoms with van der Waals surface area (Å²) in [4.78, 5) is 4.47. The van der Waals surface area contributed by atoms with Crippen LogP contribution in [-0.2, 0) is 5.41 Å². The van der Waals surface area contributed by atoms with Crippen LogP contribution < -0.4 is 10.1 Å². The molecule has 18 heavy (non-hydrogen) atoms. The fourth-order valence-electron chi connectivity index (χ4n) is 3.25. The first-order chi connectivity index (χ1) is 8.87. The number of hydrogen-bond acceptors (Lipinski definition) is 3. The van der Waals surface area contributed by atoms with Crippen LogP contribution in [0, 0.1) is 0 Å². The van der Waals surface area contributed by atoms with E-state index in [4.69, 9.17) is 4.74 Å². The summed E-state index contributed by atoms with van der Waals surface area (Å²) in [6, 6.07) is 8.46. The molecule has 0 unspecified atom stereocenters. The highest BCUT2D eigenvalue weighted by atomic mass is 16.5. The lowest BCUT2D eigenvalue weighted by atomic mass is 9.75. The van der Waals surface area contributed by atoms with Gasteiger partial charge in [-0.1, -0.05) is 6.07 Å². The molecule has 0 bridgehead atoms. The molecule has 4 rings (SSSR count). The molecule has 1 saturated heterocycles. The van der Waals surface area contributed by atoms with Gasteiger partial charge >= 0.3 is 0 Å². The lowest BCUT2D eigenvalue weighted by Crippen LogP contribution is -2.40. The molecule has 3 heteroatoms. The van der Waals surface area contributed by atoms with E-state index in [0.29, 0.717) is 0 Å². The fourth-order valence-corrected chi connectivity index (χ4v) is 3.25. The van der Waals surface area contributed by atoms with Crippen LogP contribution in [0.5, 0.6) is 5.75 Å². The van der Waals surface area contributed by atoms with E-state index in [0.717, 1.165) is 31.0 Å². The van der Waals surface area contributed by atoms with Crippen LogP contribution in [0.2, 0.25) is 0 Å². The van der Waals surface area contributed by atoms with E-state index in [9.17, 15) is 0 Å². The minimum Gasteiger partial charge on any atom is -0.492 e. The Morgan fingerprint density at radius 2 is 2.11 bits per heavy atom. The molecule has 3 nitrogen and oxygen atoms in total. The maximum Gasteiger partial charge on any atom is 0.123 e. The van der Waals surface area contributed by atoms with Gasteiger partial charge in [0.2, 0.25) is 0 Å². The zero-order valence-corrected chi connectivity index (χ0v) is 10.3. The molecule has 1 aromatic heterocycles. The first-order valence-electron chi connectivity index (χ1n) is 6.60. The highest BCUT2D eigenvalue weighted by Crippen LogP contribution is 2.45. The Balaban J connectivity index is 1.90. The van der Waals surface area contributed by atoms with Crippen molar-refractivity contribution in [3.8, 4) is 5.75 Å². The number of fused-ring (bicyclic) bond motifs is 3. The molecule has 0 saturated carbocycles. The molecule has 0 radical (unpaired) electrons. The van der Waals surface area contributed by atoms with Crippen molar-refractivity contribution in [1.82, 2.24) is 10.3 Å². The molecule has 1 aromatic carbocycles. The number of hydrogen-bond donors (Lipinski definition) is 1. The Morgan fingerprint density at radius 1 is 1.22 bits per heavy atom. The Morgan fingerprint density at radius 3 is 3.00 bits per heavy atom. The zero-order valence-electron chi connectivity index (χ0n) is 10.3. The van der Waals surface area contributed by atoms with Crippen molar-refractivity contribution in [3.63, 3.8) is 0 Å². The van der Waals surface area contributed by atoms with Crippen LogP contribution >= 0.6 is 0 Å². The smallest absolute Gasteiger partial charge is 0.123 e. The van der Waals surface area contributed by atoms with Gasteiger partial charge in [0.25, 0.3) is 0 Å². The van der Waals surface area contributed by atoms with E-state index >= 15 is 0 Å². The molecule has 0 amide bonds. The Hall–Kier alpha value is -1.61.